The molecule has 0 aliphatic rings. The molecule has 1 heterocycles. The van der Waals surface area contributed by atoms with E-state index in [-0.39, 0.29) is 4.90 Å². The van der Waals surface area contributed by atoms with Crippen molar-refractivity contribution in [2.45, 2.75) is 44.2 Å². The van der Waals surface area contributed by atoms with Gasteiger partial charge in [0.1, 0.15) is 4.90 Å². The average Bonchev–Trinajstić information content (AvgIpc) is 2.72. The van der Waals surface area contributed by atoms with Gasteiger partial charge in [0, 0.05) is 18.5 Å². The minimum absolute atomic E-state index is 0.280. The van der Waals surface area contributed by atoms with Crippen LogP contribution >= 0.6 is 0 Å². The van der Waals surface area contributed by atoms with Crippen LogP contribution in [0.3, 0.4) is 0 Å². The van der Waals surface area contributed by atoms with Crippen molar-refractivity contribution in [1.82, 2.24) is 15.1 Å². The zero-order valence-electron chi connectivity index (χ0n) is 10.7. The molecule has 0 amide bonds. The lowest BCUT2D eigenvalue weighted by atomic mass is 10.2. The normalized spacial score (nSPS) is 13.8. The molecule has 1 N–H and O–H groups in total. The Morgan fingerprint density at radius 1 is 1.47 bits per heavy atom. The molecule has 5 nitrogen and oxygen atoms in total. The summed E-state index contributed by atoms with van der Waals surface area (Å²) in [5.41, 5.74) is 0. The third-order valence-electron chi connectivity index (χ3n) is 2.62. The molecule has 17 heavy (non-hydrogen) atoms. The molecule has 0 spiro atoms. The molecule has 0 saturated carbocycles. The van der Waals surface area contributed by atoms with E-state index in [1.807, 2.05) is 0 Å². The second kappa shape index (κ2) is 6.16. The lowest BCUT2D eigenvalue weighted by molar-refractivity contribution is 0.416. The molecule has 0 bridgehead atoms. The number of nitrogens with zero attached hydrogens (tertiary/aromatic N) is 2. The molecule has 6 heteroatoms. The zero-order chi connectivity index (χ0) is 12.9. The van der Waals surface area contributed by atoms with Crippen LogP contribution in [-0.2, 0) is 16.4 Å². The Labute approximate surface area is 103 Å². The van der Waals surface area contributed by atoms with Crippen molar-refractivity contribution < 1.29 is 8.42 Å². The Balaban J connectivity index is 2.64. The maximum atomic E-state index is 11.3. The number of hydrogen-bond acceptors (Lipinski definition) is 4. The maximum absolute atomic E-state index is 11.3. The van der Waals surface area contributed by atoms with Crippen molar-refractivity contribution in [2.75, 3.05) is 12.8 Å². The summed E-state index contributed by atoms with van der Waals surface area (Å²) in [5, 5.41) is 7.48. The van der Waals surface area contributed by atoms with Gasteiger partial charge in [0.2, 0.25) is 0 Å². The summed E-state index contributed by atoms with van der Waals surface area (Å²) in [5.74, 6) is 0. The first-order valence-electron chi connectivity index (χ1n) is 5.93. The van der Waals surface area contributed by atoms with Crippen LogP contribution in [0.5, 0.6) is 0 Å². The lowest BCUT2D eigenvalue weighted by Gasteiger charge is -2.16. The first-order chi connectivity index (χ1) is 7.97. The molecule has 1 aromatic rings. The van der Waals surface area contributed by atoms with Gasteiger partial charge >= 0.3 is 0 Å². The number of rotatable bonds is 7. The van der Waals surface area contributed by atoms with Crippen molar-refractivity contribution >= 4 is 9.84 Å². The van der Waals surface area contributed by atoms with Crippen molar-refractivity contribution in [2.24, 2.45) is 0 Å². The highest BCUT2D eigenvalue weighted by Crippen LogP contribution is 2.07. The van der Waals surface area contributed by atoms with Crippen molar-refractivity contribution in [1.29, 1.82) is 0 Å². The summed E-state index contributed by atoms with van der Waals surface area (Å²) < 4.78 is 24.3. The summed E-state index contributed by atoms with van der Waals surface area (Å²) in [6, 6.07) is 0.335. The topological polar surface area (TPSA) is 64.0 Å². The van der Waals surface area contributed by atoms with Gasteiger partial charge in [0.15, 0.2) is 9.84 Å². The van der Waals surface area contributed by atoms with Crippen LogP contribution in [0.2, 0.25) is 0 Å². The average molecular weight is 259 g/mol. The Hall–Kier alpha value is -0.880. The highest BCUT2D eigenvalue weighted by Gasteiger charge is 2.12. The van der Waals surface area contributed by atoms with Crippen molar-refractivity contribution in [3.8, 4) is 0 Å². The van der Waals surface area contributed by atoms with E-state index >= 15 is 0 Å². The minimum Gasteiger partial charge on any atom is -0.312 e. The number of nitrogens with one attached hydrogen (secondary N) is 1. The van der Waals surface area contributed by atoms with E-state index < -0.39 is 9.84 Å². The van der Waals surface area contributed by atoms with Gasteiger partial charge in [0.05, 0.1) is 12.7 Å². The van der Waals surface area contributed by atoms with Gasteiger partial charge in [-0.25, -0.2) is 8.42 Å². The molecule has 1 atom stereocenters. The molecule has 1 rings (SSSR count). The minimum atomic E-state index is -3.15. The predicted octanol–water partition coefficient (Wildman–Crippen LogP) is 1.06. The van der Waals surface area contributed by atoms with E-state index in [9.17, 15) is 8.42 Å². The van der Waals surface area contributed by atoms with Crippen molar-refractivity contribution in [3.05, 3.63) is 12.4 Å². The molecule has 0 aliphatic heterocycles. The van der Waals surface area contributed by atoms with E-state index in [0.29, 0.717) is 12.6 Å². The summed E-state index contributed by atoms with van der Waals surface area (Å²) in [7, 11) is -3.15. The Bertz CT molecular complexity index is 439. The van der Waals surface area contributed by atoms with E-state index in [0.717, 1.165) is 19.4 Å². The van der Waals surface area contributed by atoms with Crippen LogP contribution in [0.15, 0.2) is 17.3 Å². The molecule has 0 fully saturated rings. The van der Waals surface area contributed by atoms with Crippen LogP contribution in [0.1, 0.15) is 26.7 Å². The third-order valence-corrected chi connectivity index (χ3v) is 3.69. The monoisotopic (exact) mass is 259 g/mol. The third kappa shape index (κ3) is 4.47. The summed E-state index contributed by atoms with van der Waals surface area (Å²) in [6.45, 7) is 5.90. The van der Waals surface area contributed by atoms with E-state index in [2.05, 4.69) is 24.3 Å². The quantitative estimate of drug-likeness (QED) is 0.795. The molecule has 0 saturated heterocycles. The maximum Gasteiger partial charge on any atom is 0.178 e. The first-order valence-corrected chi connectivity index (χ1v) is 7.82. The van der Waals surface area contributed by atoms with Gasteiger partial charge in [-0.05, 0) is 19.4 Å². The molecule has 98 valence electrons. The largest absolute Gasteiger partial charge is 0.312 e. The summed E-state index contributed by atoms with van der Waals surface area (Å²) in [4.78, 5) is 0.280. The van der Waals surface area contributed by atoms with E-state index in [1.54, 1.807) is 10.9 Å². The molecule has 0 aliphatic carbocycles. The first kappa shape index (κ1) is 14.2. The zero-order valence-corrected chi connectivity index (χ0v) is 11.5. The Kier molecular flexibility index (Phi) is 5.14. The molecule has 1 unspecified atom stereocenters. The van der Waals surface area contributed by atoms with Gasteiger partial charge < -0.3 is 5.32 Å². The Morgan fingerprint density at radius 2 is 2.18 bits per heavy atom. The fourth-order valence-electron chi connectivity index (χ4n) is 1.55. The number of aromatic nitrogens is 2. The lowest BCUT2D eigenvalue weighted by Crippen LogP contribution is -2.33. The van der Waals surface area contributed by atoms with Gasteiger partial charge in [-0.2, -0.15) is 5.10 Å². The van der Waals surface area contributed by atoms with E-state index in [4.69, 9.17) is 0 Å². The second-order valence-corrected chi connectivity index (χ2v) is 6.25. The second-order valence-electron chi connectivity index (χ2n) is 4.23. The molecule has 1 aromatic heterocycles. The number of sulfone groups is 1. The van der Waals surface area contributed by atoms with Gasteiger partial charge in [-0.15, -0.1) is 0 Å². The van der Waals surface area contributed by atoms with Crippen LogP contribution < -0.4 is 5.32 Å². The molecular formula is C11H21N3O2S. The van der Waals surface area contributed by atoms with Gasteiger partial charge in [-0.1, -0.05) is 13.8 Å². The fraction of sp³-hybridized carbons (Fsp3) is 0.727. The molecule has 0 aromatic carbocycles. The summed E-state index contributed by atoms with van der Waals surface area (Å²) in [6.07, 6.45) is 6.27. The fourth-order valence-corrected chi connectivity index (χ4v) is 2.10. The van der Waals surface area contributed by atoms with Crippen LogP contribution in [0, 0.1) is 0 Å². The highest BCUT2D eigenvalue weighted by atomic mass is 32.2. The van der Waals surface area contributed by atoms with Gasteiger partial charge in [-0.3, -0.25) is 4.68 Å². The van der Waals surface area contributed by atoms with E-state index in [1.165, 1.54) is 12.5 Å². The SMILES string of the molecule is CCCNC(CC)Cn1cc(S(C)(=O)=O)cn1. The van der Waals surface area contributed by atoms with Crippen LogP contribution in [-0.4, -0.2) is 37.0 Å². The predicted molar refractivity (Wildman–Crippen MR) is 67.7 cm³/mol. The standard InChI is InChI=1S/C11H21N3O2S/c1-4-6-12-10(5-2)8-14-9-11(7-13-14)17(3,15)16/h7,9-10,12H,4-6,8H2,1-3H3. The smallest absolute Gasteiger partial charge is 0.178 e. The number of hydrogen-bond donors (Lipinski definition) is 1. The van der Waals surface area contributed by atoms with Crippen LogP contribution in [0.4, 0.5) is 0 Å². The molecule has 0 radical (unpaired) electrons. The Morgan fingerprint density at radius 3 is 2.65 bits per heavy atom. The van der Waals surface area contributed by atoms with Crippen LogP contribution in [0.25, 0.3) is 0 Å². The molecular weight excluding hydrogens is 238 g/mol. The highest BCUT2D eigenvalue weighted by molar-refractivity contribution is 7.90. The van der Waals surface area contributed by atoms with Crippen molar-refractivity contribution in [3.63, 3.8) is 0 Å². The summed E-state index contributed by atoms with van der Waals surface area (Å²) >= 11 is 0. The van der Waals surface area contributed by atoms with Gasteiger partial charge in [0.25, 0.3) is 0 Å².